The predicted octanol–water partition coefficient (Wildman–Crippen LogP) is 2.87. The van der Waals surface area contributed by atoms with E-state index in [1.54, 1.807) is 0 Å². The molecule has 0 heterocycles. The third-order valence-corrected chi connectivity index (χ3v) is 2.76. The maximum Gasteiger partial charge on any atom is 0.187 e. The molecule has 0 spiro atoms. The Labute approximate surface area is 96.5 Å². The van der Waals surface area contributed by atoms with Crippen LogP contribution in [0, 0.1) is 4.91 Å². The summed E-state index contributed by atoms with van der Waals surface area (Å²) in [6.07, 6.45) is 0. The number of halogens is 2. The number of phenolic OH excluding ortho intramolecular Hbond substituents is 1. The van der Waals surface area contributed by atoms with Crippen molar-refractivity contribution >= 4 is 37.6 Å². The van der Waals surface area contributed by atoms with Crippen LogP contribution in [0.15, 0.2) is 26.3 Å². The molecule has 0 radical (unpaired) electrons. The van der Waals surface area contributed by atoms with Crippen LogP contribution in [0.5, 0.6) is 5.75 Å². The molecule has 1 N–H and O–H groups in total. The first-order valence-corrected chi connectivity index (χ1v) is 5.15. The second-order valence-corrected chi connectivity index (χ2v) is 4.21. The molecule has 0 amide bonds. The Morgan fingerprint density at radius 1 is 1.36 bits per heavy atom. The quantitative estimate of drug-likeness (QED) is 0.687. The SMILES string of the molecule is O=NCC(=O)c1cc(Br)c(O)c(Br)c1. The van der Waals surface area contributed by atoms with E-state index in [0.717, 1.165) is 0 Å². The van der Waals surface area contributed by atoms with Crippen molar-refractivity contribution in [2.75, 3.05) is 6.54 Å². The van der Waals surface area contributed by atoms with Crippen LogP contribution in [0.1, 0.15) is 10.4 Å². The highest BCUT2D eigenvalue weighted by atomic mass is 79.9. The molecule has 0 bridgehead atoms. The highest BCUT2D eigenvalue weighted by Gasteiger charge is 2.11. The van der Waals surface area contributed by atoms with Crippen LogP contribution in [0.25, 0.3) is 0 Å². The Balaban J connectivity index is 3.12. The monoisotopic (exact) mass is 321 g/mol. The number of carbonyl (C=O) groups excluding carboxylic acids is 1. The normalized spacial score (nSPS) is 9.86. The van der Waals surface area contributed by atoms with Crippen molar-refractivity contribution in [2.45, 2.75) is 0 Å². The van der Waals surface area contributed by atoms with Crippen molar-refractivity contribution in [1.29, 1.82) is 0 Å². The van der Waals surface area contributed by atoms with E-state index in [2.05, 4.69) is 37.0 Å². The van der Waals surface area contributed by atoms with Gasteiger partial charge in [-0.05, 0) is 44.0 Å². The van der Waals surface area contributed by atoms with Gasteiger partial charge in [0.2, 0.25) is 0 Å². The number of carbonyl (C=O) groups is 1. The minimum atomic E-state index is -0.399. The summed E-state index contributed by atoms with van der Waals surface area (Å²) in [5, 5.41) is 11.9. The highest BCUT2D eigenvalue weighted by molar-refractivity contribution is 9.11. The minimum absolute atomic E-state index is 0.0145. The second-order valence-electron chi connectivity index (χ2n) is 2.50. The van der Waals surface area contributed by atoms with Gasteiger partial charge >= 0.3 is 0 Å². The van der Waals surface area contributed by atoms with Crippen LogP contribution in [0.2, 0.25) is 0 Å². The standard InChI is InChI=1S/C8H5Br2NO3/c9-5-1-4(7(12)3-11-14)2-6(10)8(5)13/h1-2,13H,3H2. The van der Waals surface area contributed by atoms with Crippen molar-refractivity contribution in [3.05, 3.63) is 31.5 Å². The fourth-order valence-electron chi connectivity index (χ4n) is 0.876. The van der Waals surface area contributed by atoms with E-state index in [4.69, 9.17) is 0 Å². The molecule has 74 valence electrons. The summed E-state index contributed by atoms with van der Waals surface area (Å²) in [6, 6.07) is 2.88. The van der Waals surface area contributed by atoms with Gasteiger partial charge in [0, 0.05) is 5.56 Å². The summed E-state index contributed by atoms with van der Waals surface area (Å²) in [5.74, 6) is -0.373. The molecule has 1 aromatic rings. The Morgan fingerprint density at radius 2 is 1.86 bits per heavy atom. The summed E-state index contributed by atoms with van der Waals surface area (Å²) < 4.78 is 0.780. The molecule has 6 heteroatoms. The number of ketones is 1. The third-order valence-electron chi connectivity index (χ3n) is 1.55. The first-order valence-electron chi connectivity index (χ1n) is 3.56. The van der Waals surface area contributed by atoms with E-state index in [0.29, 0.717) is 14.5 Å². The Bertz CT molecular complexity index is 369. The topological polar surface area (TPSA) is 66.7 Å². The molecule has 1 rings (SSSR count). The summed E-state index contributed by atoms with van der Waals surface area (Å²) >= 11 is 6.15. The van der Waals surface area contributed by atoms with E-state index in [9.17, 15) is 14.8 Å². The van der Waals surface area contributed by atoms with Crippen molar-refractivity contribution in [3.63, 3.8) is 0 Å². The van der Waals surface area contributed by atoms with Gasteiger partial charge in [-0.3, -0.25) is 4.79 Å². The van der Waals surface area contributed by atoms with Crippen LogP contribution >= 0.6 is 31.9 Å². The van der Waals surface area contributed by atoms with Crippen molar-refractivity contribution in [1.82, 2.24) is 0 Å². The number of nitrogens with zero attached hydrogens (tertiary/aromatic N) is 1. The Hall–Kier alpha value is -0.750. The third kappa shape index (κ3) is 2.39. The molecule has 1 aromatic carbocycles. The smallest absolute Gasteiger partial charge is 0.187 e. The lowest BCUT2D eigenvalue weighted by Crippen LogP contribution is -2.02. The molecule has 0 aliphatic rings. The van der Waals surface area contributed by atoms with Gasteiger partial charge < -0.3 is 5.11 Å². The van der Waals surface area contributed by atoms with E-state index in [-0.39, 0.29) is 11.5 Å². The summed E-state index contributed by atoms with van der Waals surface area (Å²) in [5.41, 5.74) is 0.321. The summed E-state index contributed by atoms with van der Waals surface area (Å²) in [7, 11) is 0. The molecule has 0 aliphatic heterocycles. The first kappa shape index (κ1) is 11.3. The number of nitroso groups, excluding NO2 is 1. The number of hydrogen-bond acceptors (Lipinski definition) is 4. The van der Waals surface area contributed by atoms with Gasteiger partial charge in [-0.1, -0.05) is 5.18 Å². The van der Waals surface area contributed by atoms with Crippen molar-refractivity contribution in [2.24, 2.45) is 5.18 Å². The zero-order valence-corrected chi connectivity index (χ0v) is 10.0. The van der Waals surface area contributed by atoms with E-state index in [1.165, 1.54) is 12.1 Å². The van der Waals surface area contributed by atoms with Gasteiger partial charge in [0.05, 0.1) is 8.95 Å². The average Bonchev–Trinajstić information content (AvgIpc) is 2.13. The molecule has 4 nitrogen and oxygen atoms in total. The van der Waals surface area contributed by atoms with Gasteiger partial charge in [-0.25, -0.2) is 0 Å². The lowest BCUT2D eigenvalue weighted by Gasteiger charge is -2.03. The fourth-order valence-corrected chi connectivity index (χ4v) is 2.06. The number of Topliss-reactive ketones (excluding diaryl/α,β-unsaturated/α-hetero) is 1. The number of benzene rings is 1. The van der Waals surface area contributed by atoms with Crippen molar-refractivity contribution in [3.8, 4) is 5.75 Å². The fraction of sp³-hybridized carbons (Fsp3) is 0.125. The molecule has 0 aliphatic carbocycles. The van der Waals surface area contributed by atoms with Crippen LogP contribution in [-0.2, 0) is 0 Å². The van der Waals surface area contributed by atoms with Crippen LogP contribution in [0.3, 0.4) is 0 Å². The Kier molecular flexibility index (Phi) is 3.77. The average molecular weight is 323 g/mol. The van der Waals surface area contributed by atoms with Crippen LogP contribution in [0.4, 0.5) is 0 Å². The number of phenols is 1. The Morgan fingerprint density at radius 3 is 2.29 bits per heavy atom. The molecular weight excluding hydrogens is 318 g/mol. The van der Waals surface area contributed by atoms with E-state index >= 15 is 0 Å². The molecule has 0 saturated heterocycles. The molecule has 0 fully saturated rings. The number of hydrogen-bond donors (Lipinski definition) is 1. The zero-order chi connectivity index (χ0) is 10.7. The lowest BCUT2D eigenvalue weighted by atomic mass is 10.1. The molecule has 0 atom stereocenters. The summed E-state index contributed by atoms with van der Waals surface area (Å²) in [6.45, 7) is -0.399. The molecular formula is C8H5Br2NO3. The molecule has 0 aromatic heterocycles. The molecule has 0 saturated carbocycles. The first-order chi connectivity index (χ1) is 6.56. The van der Waals surface area contributed by atoms with Crippen LogP contribution in [-0.4, -0.2) is 17.4 Å². The van der Waals surface area contributed by atoms with Gasteiger partial charge in [0.15, 0.2) is 5.78 Å². The maximum absolute atomic E-state index is 11.2. The maximum atomic E-state index is 11.2. The van der Waals surface area contributed by atoms with E-state index in [1.807, 2.05) is 0 Å². The van der Waals surface area contributed by atoms with Gasteiger partial charge in [-0.2, -0.15) is 4.91 Å². The highest BCUT2D eigenvalue weighted by Crippen LogP contribution is 2.33. The number of aromatic hydroxyl groups is 1. The molecule has 0 unspecified atom stereocenters. The van der Waals surface area contributed by atoms with Gasteiger partial charge in [0.1, 0.15) is 12.3 Å². The van der Waals surface area contributed by atoms with Crippen molar-refractivity contribution < 1.29 is 9.90 Å². The molecule has 14 heavy (non-hydrogen) atoms. The van der Waals surface area contributed by atoms with Crippen LogP contribution < -0.4 is 0 Å². The number of rotatable bonds is 3. The van der Waals surface area contributed by atoms with Gasteiger partial charge in [0.25, 0.3) is 0 Å². The minimum Gasteiger partial charge on any atom is -0.506 e. The summed E-state index contributed by atoms with van der Waals surface area (Å²) in [4.78, 5) is 21.1. The zero-order valence-electron chi connectivity index (χ0n) is 6.83. The predicted molar refractivity (Wildman–Crippen MR) is 58.5 cm³/mol. The largest absolute Gasteiger partial charge is 0.506 e. The lowest BCUT2D eigenvalue weighted by molar-refractivity contribution is 0.100. The van der Waals surface area contributed by atoms with Gasteiger partial charge in [-0.15, -0.1) is 0 Å². The van der Waals surface area contributed by atoms with E-state index < -0.39 is 6.54 Å². The second kappa shape index (κ2) is 4.65.